The van der Waals surface area contributed by atoms with Crippen LogP contribution < -0.4 is 15.0 Å². The Bertz CT molecular complexity index is 1190. The van der Waals surface area contributed by atoms with Crippen molar-refractivity contribution >= 4 is 52.2 Å². The summed E-state index contributed by atoms with van der Waals surface area (Å²) in [4.78, 5) is 29.1. The number of amides is 2. The maximum absolute atomic E-state index is 13.9. The Balaban J connectivity index is 1.80. The second kappa shape index (κ2) is 12.0. The molecule has 0 spiro atoms. The number of hydrogen-bond acceptors (Lipinski definition) is 6. The first-order valence-electron chi connectivity index (χ1n) is 11.9. The fourth-order valence-corrected chi connectivity index (χ4v) is 5.35. The average Bonchev–Trinajstić information content (AvgIpc) is 3.22. The van der Waals surface area contributed by atoms with E-state index < -0.39 is 11.9 Å². The molecule has 4 rings (SSSR count). The van der Waals surface area contributed by atoms with Crippen molar-refractivity contribution in [2.75, 3.05) is 11.5 Å². The van der Waals surface area contributed by atoms with Gasteiger partial charge in [0.05, 0.1) is 6.61 Å². The van der Waals surface area contributed by atoms with Gasteiger partial charge in [-0.05, 0) is 73.3 Å². The van der Waals surface area contributed by atoms with E-state index in [1.165, 1.54) is 17.0 Å². The molecule has 0 saturated heterocycles. The Hall–Kier alpha value is -2.81. The van der Waals surface area contributed by atoms with Gasteiger partial charge in [0.25, 0.3) is 5.91 Å². The highest BCUT2D eigenvalue weighted by Gasteiger charge is 2.36. The highest BCUT2D eigenvalue weighted by atomic mass is 35.5. The highest BCUT2D eigenvalue weighted by Crippen LogP contribution is 2.36. The molecule has 1 atom stereocenters. The summed E-state index contributed by atoms with van der Waals surface area (Å²) in [5.74, 6) is -0.203. The SMILES string of the molecule is CCOc1ccc(N(C(=O)c2nsc(Cl)c2Cl)C(C(=O)NC2CCCCC2)c2ccc(O)cc2)cc1. The molecule has 2 amide bonds. The van der Waals surface area contributed by atoms with Gasteiger partial charge in [0.1, 0.15) is 26.9 Å². The van der Waals surface area contributed by atoms with Crippen LogP contribution in [0.1, 0.15) is 61.1 Å². The van der Waals surface area contributed by atoms with Crippen molar-refractivity contribution < 1.29 is 19.4 Å². The van der Waals surface area contributed by atoms with Gasteiger partial charge in [-0.25, -0.2) is 0 Å². The third kappa shape index (κ3) is 5.94. The Morgan fingerprint density at radius 2 is 1.78 bits per heavy atom. The van der Waals surface area contributed by atoms with E-state index in [4.69, 9.17) is 27.9 Å². The summed E-state index contributed by atoms with van der Waals surface area (Å²) in [6, 6.07) is 12.1. The van der Waals surface area contributed by atoms with Crippen LogP contribution in [-0.4, -0.2) is 33.9 Å². The summed E-state index contributed by atoms with van der Waals surface area (Å²) in [6.07, 6.45) is 5.01. The maximum atomic E-state index is 13.9. The van der Waals surface area contributed by atoms with Gasteiger partial charge in [-0.15, -0.1) is 0 Å². The number of nitrogens with zero attached hydrogens (tertiary/aromatic N) is 2. The third-order valence-corrected chi connectivity index (χ3v) is 7.72. The standard InChI is InChI=1S/C26H27Cl2N3O4S/c1-2-35-20-14-10-18(11-15-20)31(26(34)22-21(27)24(28)36-30-22)23(16-8-12-19(32)13-9-16)25(33)29-17-6-4-3-5-7-17/h8-15,17,23,32H,2-7H2,1H3,(H,29,33). The smallest absolute Gasteiger partial charge is 0.280 e. The van der Waals surface area contributed by atoms with Gasteiger partial charge in [-0.2, -0.15) is 4.37 Å². The first-order chi connectivity index (χ1) is 17.4. The Labute approximate surface area is 224 Å². The monoisotopic (exact) mass is 547 g/mol. The number of halogens is 2. The van der Waals surface area contributed by atoms with Crippen molar-refractivity contribution in [1.82, 2.24) is 9.69 Å². The number of anilines is 1. The lowest BCUT2D eigenvalue weighted by Crippen LogP contribution is -2.47. The molecule has 1 aliphatic rings. The zero-order valence-electron chi connectivity index (χ0n) is 19.7. The van der Waals surface area contributed by atoms with E-state index in [2.05, 4.69) is 9.69 Å². The van der Waals surface area contributed by atoms with Crippen LogP contribution >= 0.6 is 34.7 Å². The lowest BCUT2D eigenvalue weighted by atomic mass is 9.94. The molecule has 0 aliphatic heterocycles. The van der Waals surface area contributed by atoms with Gasteiger partial charge >= 0.3 is 0 Å². The van der Waals surface area contributed by atoms with E-state index in [1.807, 2.05) is 6.92 Å². The zero-order valence-corrected chi connectivity index (χ0v) is 22.1. The molecule has 3 aromatic rings. The number of ether oxygens (including phenoxy) is 1. The van der Waals surface area contributed by atoms with Crippen LogP contribution in [0.4, 0.5) is 5.69 Å². The topological polar surface area (TPSA) is 91.8 Å². The van der Waals surface area contributed by atoms with Gasteiger partial charge in [-0.1, -0.05) is 54.6 Å². The summed E-state index contributed by atoms with van der Waals surface area (Å²) < 4.78 is 9.91. The van der Waals surface area contributed by atoms with Gasteiger partial charge < -0.3 is 15.2 Å². The summed E-state index contributed by atoms with van der Waals surface area (Å²) in [5, 5.41) is 13.1. The third-order valence-electron chi connectivity index (χ3n) is 6.11. The number of rotatable bonds is 8. The van der Waals surface area contributed by atoms with E-state index in [0.717, 1.165) is 43.6 Å². The molecule has 1 fully saturated rings. The second-order valence-corrected chi connectivity index (χ2v) is 10.3. The van der Waals surface area contributed by atoms with Crippen LogP contribution in [0.2, 0.25) is 9.36 Å². The molecule has 190 valence electrons. The molecule has 0 radical (unpaired) electrons. The largest absolute Gasteiger partial charge is 0.508 e. The van der Waals surface area contributed by atoms with Crippen molar-refractivity contribution in [3.05, 3.63) is 69.1 Å². The number of aromatic hydroxyl groups is 1. The minimum Gasteiger partial charge on any atom is -0.508 e. The van der Waals surface area contributed by atoms with Crippen molar-refractivity contribution in [3.63, 3.8) is 0 Å². The number of phenols is 1. The molecule has 2 aromatic carbocycles. The molecule has 1 aliphatic carbocycles. The first-order valence-corrected chi connectivity index (χ1v) is 13.4. The molecule has 1 saturated carbocycles. The number of phenolic OH excluding ortho intramolecular Hbond substituents is 1. The van der Waals surface area contributed by atoms with Gasteiger partial charge in [0, 0.05) is 11.7 Å². The van der Waals surface area contributed by atoms with E-state index in [0.29, 0.717) is 23.6 Å². The van der Waals surface area contributed by atoms with Crippen LogP contribution in [0.3, 0.4) is 0 Å². The van der Waals surface area contributed by atoms with E-state index in [1.54, 1.807) is 36.4 Å². The molecule has 1 aromatic heterocycles. The lowest BCUT2D eigenvalue weighted by Gasteiger charge is -2.33. The van der Waals surface area contributed by atoms with Crippen LogP contribution in [0, 0.1) is 0 Å². The van der Waals surface area contributed by atoms with Gasteiger partial charge in [0.2, 0.25) is 5.91 Å². The lowest BCUT2D eigenvalue weighted by molar-refractivity contribution is -0.123. The number of hydrogen-bond donors (Lipinski definition) is 2. The molecule has 36 heavy (non-hydrogen) atoms. The molecule has 7 nitrogen and oxygen atoms in total. The maximum Gasteiger partial charge on any atom is 0.280 e. The molecule has 0 bridgehead atoms. The first kappa shape index (κ1) is 26.3. The Morgan fingerprint density at radius 1 is 1.11 bits per heavy atom. The van der Waals surface area contributed by atoms with Crippen molar-refractivity contribution in [2.45, 2.75) is 51.1 Å². The van der Waals surface area contributed by atoms with Crippen molar-refractivity contribution in [3.8, 4) is 11.5 Å². The fraction of sp³-hybridized carbons (Fsp3) is 0.346. The Morgan fingerprint density at radius 3 is 2.36 bits per heavy atom. The van der Waals surface area contributed by atoms with Gasteiger partial charge in [-0.3, -0.25) is 14.5 Å². The number of carbonyl (C=O) groups excluding carboxylic acids is 2. The summed E-state index contributed by atoms with van der Waals surface area (Å²) in [5.41, 5.74) is 0.955. The molecule has 10 heteroatoms. The normalized spacial score (nSPS) is 14.8. The van der Waals surface area contributed by atoms with E-state index in [9.17, 15) is 14.7 Å². The van der Waals surface area contributed by atoms with Crippen molar-refractivity contribution in [1.29, 1.82) is 0 Å². The average molecular weight is 548 g/mol. The predicted molar refractivity (Wildman–Crippen MR) is 142 cm³/mol. The van der Waals surface area contributed by atoms with Crippen molar-refractivity contribution in [2.24, 2.45) is 0 Å². The summed E-state index contributed by atoms with van der Waals surface area (Å²) in [7, 11) is 0. The minimum atomic E-state index is -1.05. The summed E-state index contributed by atoms with van der Waals surface area (Å²) in [6.45, 7) is 2.38. The second-order valence-electron chi connectivity index (χ2n) is 8.56. The number of nitrogens with one attached hydrogen (secondary N) is 1. The zero-order chi connectivity index (χ0) is 25.7. The van der Waals surface area contributed by atoms with Crippen LogP contribution in [-0.2, 0) is 4.79 Å². The molecular formula is C26H27Cl2N3O4S. The fourth-order valence-electron chi connectivity index (χ4n) is 4.36. The molecule has 2 N–H and O–H groups in total. The molecular weight excluding hydrogens is 521 g/mol. The van der Waals surface area contributed by atoms with Crippen LogP contribution in [0.15, 0.2) is 48.5 Å². The van der Waals surface area contributed by atoms with E-state index in [-0.39, 0.29) is 32.8 Å². The van der Waals surface area contributed by atoms with Crippen LogP contribution in [0.5, 0.6) is 11.5 Å². The predicted octanol–water partition coefficient (Wildman–Crippen LogP) is 6.39. The van der Waals surface area contributed by atoms with Crippen LogP contribution in [0.25, 0.3) is 0 Å². The highest BCUT2D eigenvalue weighted by molar-refractivity contribution is 7.11. The minimum absolute atomic E-state index is 0.0282. The number of carbonyl (C=O) groups is 2. The summed E-state index contributed by atoms with van der Waals surface area (Å²) >= 11 is 13.3. The number of aromatic nitrogens is 1. The molecule has 1 unspecified atom stereocenters. The quantitative estimate of drug-likeness (QED) is 0.340. The number of benzene rings is 2. The van der Waals surface area contributed by atoms with Gasteiger partial charge in [0.15, 0.2) is 5.69 Å². The Kier molecular flexibility index (Phi) is 8.72. The van der Waals surface area contributed by atoms with E-state index >= 15 is 0 Å². The molecule has 1 heterocycles.